The van der Waals surface area contributed by atoms with E-state index >= 15 is 0 Å². The van der Waals surface area contributed by atoms with Gasteiger partial charge >= 0.3 is 12.0 Å². The van der Waals surface area contributed by atoms with E-state index in [4.69, 9.17) is 4.74 Å². The van der Waals surface area contributed by atoms with Gasteiger partial charge in [-0.1, -0.05) is 40.2 Å². The van der Waals surface area contributed by atoms with Gasteiger partial charge in [-0.25, -0.2) is 9.59 Å². The molecule has 1 aliphatic heterocycles. The number of halogens is 1. The van der Waals surface area contributed by atoms with Crippen LogP contribution in [-0.2, 0) is 9.53 Å². The first kappa shape index (κ1) is 17.3. The Morgan fingerprint density at radius 3 is 2.78 bits per heavy atom. The molecule has 23 heavy (non-hydrogen) atoms. The number of hydrogen-bond acceptors (Lipinski definition) is 3. The zero-order valence-electron chi connectivity index (χ0n) is 13.1. The molecular weight excluding hydrogens is 360 g/mol. The molecule has 0 saturated heterocycles. The van der Waals surface area contributed by atoms with Crippen LogP contribution in [0.15, 0.2) is 52.7 Å². The molecular formula is C17H19BrN2O3. The minimum atomic E-state index is -0.557. The standard InChI is InChI=1S/C17H19BrN2O3/c1-4-10-20-11(3)14(16(21)23-5-2)15(19-17(20)22)12-8-6-7-9-13(12)18/h4,6-9,15H,1,5,10H2,2-3H3,(H,19,22)/t15-/m0/s1. The highest BCUT2D eigenvalue weighted by Gasteiger charge is 2.36. The van der Waals surface area contributed by atoms with Gasteiger partial charge in [-0.15, -0.1) is 6.58 Å². The van der Waals surface area contributed by atoms with Crippen molar-refractivity contribution in [2.24, 2.45) is 0 Å². The fourth-order valence-electron chi connectivity index (χ4n) is 2.55. The maximum absolute atomic E-state index is 12.5. The lowest BCUT2D eigenvalue weighted by Crippen LogP contribution is -2.48. The molecule has 1 aliphatic rings. The zero-order valence-corrected chi connectivity index (χ0v) is 14.7. The summed E-state index contributed by atoms with van der Waals surface area (Å²) in [6.07, 6.45) is 1.62. The molecule has 0 radical (unpaired) electrons. The van der Waals surface area contributed by atoms with Crippen LogP contribution >= 0.6 is 15.9 Å². The van der Waals surface area contributed by atoms with Gasteiger partial charge in [-0.2, -0.15) is 0 Å². The van der Waals surface area contributed by atoms with E-state index < -0.39 is 12.0 Å². The quantitative estimate of drug-likeness (QED) is 0.629. The topological polar surface area (TPSA) is 58.6 Å². The van der Waals surface area contributed by atoms with E-state index in [-0.39, 0.29) is 12.6 Å². The van der Waals surface area contributed by atoms with Crippen LogP contribution in [-0.4, -0.2) is 30.1 Å². The second kappa shape index (κ2) is 7.46. The summed E-state index contributed by atoms with van der Waals surface area (Å²) in [6.45, 7) is 7.75. The van der Waals surface area contributed by atoms with Gasteiger partial charge in [0.1, 0.15) is 0 Å². The number of carbonyl (C=O) groups is 2. The van der Waals surface area contributed by atoms with Crippen molar-refractivity contribution < 1.29 is 14.3 Å². The minimum absolute atomic E-state index is 0.267. The molecule has 2 rings (SSSR count). The second-order valence-corrected chi connectivity index (χ2v) is 5.88. The average Bonchev–Trinajstić information content (AvgIpc) is 2.51. The Morgan fingerprint density at radius 1 is 1.48 bits per heavy atom. The summed E-state index contributed by atoms with van der Waals surface area (Å²) in [6, 6.07) is 6.65. The zero-order chi connectivity index (χ0) is 17.0. The Labute approximate surface area is 144 Å². The Bertz CT molecular complexity index is 670. The largest absolute Gasteiger partial charge is 0.463 e. The number of rotatable bonds is 5. The predicted molar refractivity (Wildman–Crippen MR) is 91.7 cm³/mol. The van der Waals surface area contributed by atoms with Crippen LogP contribution in [0.25, 0.3) is 0 Å². The highest BCUT2D eigenvalue weighted by Crippen LogP contribution is 2.34. The Hall–Kier alpha value is -2.08. The van der Waals surface area contributed by atoms with Crippen LogP contribution in [0.2, 0.25) is 0 Å². The highest BCUT2D eigenvalue weighted by atomic mass is 79.9. The fourth-order valence-corrected chi connectivity index (χ4v) is 3.06. The highest BCUT2D eigenvalue weighted by molar-refractivity contribution is 9.10. The molecule has 2 amide bonds. The number of nitrogens with zero attached hydrogens (tertiary/aromatic N) is 1. The number of benzene rings is 1. The molecule has 0 unspecified atom stereocenters. The Balaban J connectivity index is 2.56. The first-order valence-corrected chi connectivity index (χ1v) is 8.11. The monoisotopic (exact) mass is 378 g/mol. The molecule has 1 atom stereocenters. The summed E-state index contributed by atoms with van der Waals surface area (Å²) < 4.78 is 6.01. The van der Waals surface area contributed by atoms with Crippen molar-refractivity contribution in [3.63, 3.8) is 0 Å². The number of hydrogen-bond donors (Lipinski definition) is 1. The van der Waals surface area contributed by atoms with Crippen molar-refractivity contribution in [2.45, 2.75) is 19.9 Å². The molecule has 0 aliphatic carbocycles. The van der Waals surface area contributed by atoms with Gasteiger partial charge in [-0.3, -0.25) is 4.90 Å². The van der Waals surface area contributed by atoms with Gasteiger partial charge in [0.25, 0.3) is 0 Å². The van der Waals surface area contributed by atoms with E-state index in [1.807, 2.05) is 24.3 Å². The SMILES string of the molecule is C=CCN1C(=O)N[C@@H](c2ccccc2Br)C(C(=O)OCC)=C1C. The van der Waals surface area contributed by atoms with E-state index in [0.29, 0.717) is 17.8 Å². The lowest BCUT2D eigenvalue weighted by molar-refractivity contribution is -0.139. The molecule has 0 spiro atoms. The molecule has 0 aromatic heterocycles. The van der Waals surface area contributed by atoms with Gasteiger partial charge < -0.3 is 10.1 Å². The van der Waals surface area contributed by atoms with Crippen molar-refractivity contribution in [1.82, 2.24) is 10.2 Å². The average molecular weight is 379 g/mol. The molecule has 1 N–H and O–H groups in total. The third-order valence-corrected chi connectivity index (χ3v) is 4.34. The lowest BCUT2D eigenvalue weighted by atomic mass is 9.95. The lowest BCUT2D eigenvalue weighted by Gasteiger charge is -2.35. The van der Waals surface area contributed by atoms with Crippen LogP contribution in [0, 0.1) is 0 Å². The molecule has 6 heteroatoms. The van der Waals surface area contributed by atoms with Crippen LogP contribution in [0.4, 0.5) is 4.79 Å². The molecule has 0 bridgehead atoms. The number of nitrogens with one attached hydrogen (secondary N) is 1. The van der Waals surface area contributed by atoms with Gasteiger partial charge in [-0.05, 0) is 25.5 Å². The molecule has 1 heterocycles. The molecule has 122 valence electrons. The van der Waals surface area contributed by atoms with Crippen molar-refractivity contribution >= 4 is 27.9 Å². The Kier molecular flexibility index (Phi) is 5.60. The van der Waals surface area contributed by atoms with E-state index in [1.54, 1.807) is 19.9 Å². The maximum Gasteiger partial charge on any atom is 0.338 e. The van der Waals surface area contributed by atoms with Gasteiger partial charge in [0.2, 0.25) is 0 Å². The third-order valence-electron chi connectivity index (χ3n) is 3.62. The Morgan fingerprint density at radius 2 is 2.17 bits per heavy atom. The van der Waals surface area contributed by atoms with Crippen molar-refractivity contribution in [1.29, 1.82) is 0 Å². The van der Waals surface area contributed by atoms with Crippen LogP contribution in [0.1, 0.15) is 25.5 Å². The number of allylic oxidation sites excluding steroid dienone is 1. The van der Waals surface area contributed by atoms with E-state index in [9.17, 15) is 9.59 Å². The molecule has 1 aromatic rings. The van der Waals surface area contributed by atoms with Gasteiger partial charge in [0.05, 0.1) is 18.2 Å². The first-order valence-electron chi connectivity index (χ1n) is 7.32. The molecule has 0 fully saturated rings. The molecule has 5 nitrogen and oxygen atoms in total. The summed E-state index contributed by atoms with van der Waals surface area (Å²) in [5.74, 6) is -0.431. The summed E-state index contributed by atoms with van der Waals surface area (Å²) in [5, 5.41) is 2.88. The van der Waals surface area contributed by atoms with Crippen LogP contribution in [0.5, 0.6) is 0 Å². The number of ether oxygens (including phenoxy) is 1. The number of urea groups is 1. The summed E-state index contributed by atoms with van der Waals surface area (Å²) in [7, 11) is 0. The summed E-state index contributed by atoms with van der Waals surface area (Å²) in [4.78, 5) is 26.3. The summed E-state index contributed by atoms with van der Waals surface area (Å²) >= 11 is 3.48. The molecule has 0 saturated carbocycles. The number of esters is 1. The van der Waals surface area contributed by atoms with Gasteiger partial charge in [0, 0.05) is 16.7 Å². The fraction of sp³-hybridized carbons (Fsp3) is 0.294. The van der Waals surface area contributed by atoms with E-state index in [2.05, 4.69) is 27.8 Å². The normalized spacial score (nSPS) is 17.8. The maximum atomic E-state index is 12.5. The van der Waals surface area contributed by atoms with Crippen molar-refractivity contribution in [2.75, 3.05) is 13.2 Å². The van der Waals surface area contributed by atoms with Crippen molar-refractivity contribution in [3.8, 4) is 0 Å². The van der Waals surface area contributed by atoms with Crippen LogP contribution < -0.4 is 5.32 Å². The van der Waals surface area contributed by atoms with Crippen LogP contribution in [0.3, 0.4) is 0 Å². The smallest absolute Gasteiger partial charge is 0.338 e. The van der Waals surface area contributed by atoms with E-state index in [1.165, 1.54) is 4.90 Å². The second-order valence-electron chi connectivity index (χ2n) is 5.02. The van der Waals surface area contributed by atoms with E-state index in [0.717, 1.165) is 10.0 Å². The number of carbonyl (C=O) groups excluding carboxylic acids is 2. The first-order chi connectivity index (χ1) is 11.0. The van der Waals surface area contributed by atoms with Gasteiger partial charge in [0.15, 0.2) is 0 Å². The summed E-state index contributed by atoms with van der Waals surface area (Å²) in [5.41, 5.74) is 1.81. The number of amides is 2. The predicted octanol–water partition coefficient (Wildman–Crippen LogP) is 3.54. The molecule has 1 aromatic carbocycles. The third kappa shape index (κ3) is 3.47. The van der Waals surface area contributed by atoms with Crippen molar-refractivity contribution in [3.05, 3.63) is 58.2 Å². The minimum Gasteiger partial charge on any atom is -0.463 e.